The highest BCUT2D eigenvalue weighted by molar-refractivity contribution is 7.09. The zero-order valence-corrected chi connectivity index (χ0v) is 12.8. The third-order valence-corrected chi connectivity index (χ3v) is 4.61. The summed E-state index contributed by atoms with van der Waals surface area (Å²) < 4.78 is 4.43. The highest BCUT2D eigenvalue weighted by atomic mass is 32.1. The zero-order valence-electron chi connectivity index (χ0n) is 12.0. The van der Waals surface area contributed by atoms with Crippen molar-refractivity contribution >= 4 is 16.7 Å². The van der Waals surface area contributed by atoms with Crippen molar-refractivity contribution in [2.24, 2.45) is 0 Å². The summed E-state index contributed by atoms with van der Waals surface area (Å²) in [5.74, 6) is 0.951. The largest absolute Gasteiger partial charge is 0.338 e. The predicted molar refractivity (Wildman–Crippen MR) is 83.3 cm³/mol. The molecule has 2 aromatic rings. The van der Waals surface area contributed by atoms with Crippen molar-refractivity contribution in [3.05, 3.63) is 41.2 Å². The molecule has 0 amide bonds. The molecule has 20 heavy (non-hydrogen) atoms. The van der Waals surface area contributed by atoms with Crippen LogP contribution >= 0.6 is 11.5 Å². The van der Waals surface area contributed by atoms with Crippen molar-refractivity contribution in [1.82, 2.24) is 14.7 Å². The van der Waals surface area contributed by atoms with Gasteiger partial charge in [0.05, 0.1) is 0 Å². The minimum atomic E-state index is 0.451. The zero-order chi connectivity index (χ0) is 13.9. The average Bonchev–Trinajstić information content (AvgIpc) is 2.95. The standard InChI is InChI=1S/C15H20N4S/c1-3-14-17-15(20-18-14)19-10-12-7-5-4-6-11(12)8-13(19)9-16-2/h4-7,13,16H,3,8-10H2,1-2H3. The molecule has 1 aliphatic rings. The van der Waals surface area contributed by atoms with Gasteiger partial charge in [0.15, 0.2) is 0 Å². The quantitative estimate of drug-likeness (QED) is 0.937. The molecular formula is C15H20N4S. The lowest BCUT2D eigenvalue weighted by atomic mass is 9.94. The Morgan fingerprint density at radius 1 is 1.35 bits per heavy atom. The van der Waals surface area contributed by atoms with Gasteiger partial charge in [-0.1, -0.05) is 31.2 Å². The van der Waals surface area contributed by atoms with Crippen LogP contribution in [-0.4, -0.2) is 29.0 Å². The summed E-state index contributed by atoms with van der Waals surface area (Å²) in [6, 6.07) is 9.16. The van der Waals surface area contributed by atoms with E-state index in [0.717, 1.165) is 36.9 Å². The first-order chi connectivity index (χ1) is 9.81. The molecule has 0 saturated heterocycles. The Hall–Kier alpha value is -1.46. The van der Waals surface area contributed by atoms with Crippen LogP contribution in [0.1, 0.15) is 23.9 Å². The van der Waals surface area contributed by atoms with Crippen molar-refractivity contribution in [2.75, 3.05) is 18.5 Å². The molecule has 5 heteroatoms. The molecule has 1 atom stereocenters. The Bertz CT molecular complexity index is 581. The van der Waals surface area contributed by atoms with E-state index in [1.165, 1.54) is 22.7 Å². The molecule has 1 aromatic carbocycles. The van der Waals surface area contributed by atoms with Crippen LogP contribution < -0.4 is 10.2 Å². The summed E-state index contributed by atoms with van der Waals surface area (Å²) in [6.07, 6.45) is 1.97. The van der Waals surface area contributed by atoms with Gasteiger partial charge in [-0.05, 0) is 24.6 Å². The second-order valence-electron chi connectivity index (χ2n) is 5.16. The number of likely N-dealkylation sites (N-methyl/N-ethyl adjacent to an activating group) is 1. The lowest BCUT2D eigenvalue weighted by Crippen LogP contribution is -2.45. The molecular weight excluding hydrogens is 268 g/mol. The first-order valence-corrected chi connectivity index (χ1v) is 7.89. The van der Waals surface area contributed by atoms with E-state index in [1.807, 2.05) is 7.05 Å². The summed E-state index contributed by atoms with van der Waals surface area (Å²) in [7, 11) is 2.01. The van der Waals surface area contributed by atoms with E-state index >= 15 is 0 Å². The second kappa shape index (κ2) is 5.89. The topological polar surface area (TPSA) is 41.1 Å². The van der Waals surface area contributed by atoms with E-state index in [9.17, 15) is 0 Å². The fraction of sp³-hybridized carbons (Fsp3) is 0.467. The van der Waals surface area contributed by atoms with Gasteiger partial charge in [0.2, 0.25) is 5.13 Å². The van der Waals surface area contributed by atoms with Crippen LogP contribution in [0.15, 0.2) is 24.3 Å². The Morgan fingerprint density at radius 3 is 2.85 bits per heavy atom. The van der Waals surface area contributed by atoms with E-state index in [-0.39, 0.29) is 0 Å². The van der Waals surface area contributed by atoms with Gasteiger partial charge in [-0.3, -0.25) is 0 Å². The van der Waals surface area contributed by atoms with Gasteiger partial charge in [0.25, 0.3) is 0 Å². The maximum absolute atomic E-state index is 4.66. The van der Waals surface area contributed by atoms with Crippen LogP contribution in [0.2, 0.25) is 0 Å². The fourth-order valence-corrected chi connectivity index (χ4v) is 3.56. The first kappa shape index (κ1) is 13.5. The molecule has 106 valence electrons. The number of anilines is 1. The number of aromatic nitrogens is 2. The predicted octanol–water partition coefficient (Wildman–Crippen LogP) is 2.25. The molecule has 1 aromatic heterocycles. The number of nitrogens with one attached hydrogen (secondary N) is 1. The Labute approximate surface area is 124 Å². The molecule has 3 rings (SSSR count). The van der Waals surface area contributed by atoms with Crippen LogP contribution in [0, 0.1) is 0 Å². The van der Waals surface area contributed by atoms with E-state index in [0.29, 0.717) is 6.04 Å². The van der Waals surface area contributed by atoms with Gasteiger partial charge in [0.1, 0.15) is 5.82 Å². The minimum Gasteiger partial charge on any atom is -0.338 e. The number of hydrogen-bond donors (Lipinski definition) is 1. The first-order valence-electron chi connectivity index (χ1n) is 7.12. The average molecular weight is 288 g/mol. The minimum absolute atomic E-state index is 0.451. The van der Waals surface area contributed by atoms with Crippen LogP contribution in [-0.2, 0) is 19.4 Å². The third kappa shape index (κ3) is 2.55. The number of hydrogen-bond acceptors (Lipinski definition) is 5. The molecule has 0 spiro atoms. The monoisotopic (exact) mass is 288 g/mol. The molecule has 0 saturated carbocycles. The van der Waals surface area contributed by atoms with Gasteiger partial charge in [-0.2, -0.15) is 4.37 Å². The Balaban J connectivity index is 1.91. The maximum atomic E-state index is 4.66. The van der Waals surface area contributed by atoms with Crippen LogP contribution in [0.25, 0.3) is 0 Å². The molecule has 0 radical (unpaired) electrons. The van der Waals surface area contributed by atoms with Crippen molar-refractivity contribution in [3.8, 4) is 0 Å². The number of nitrogens with zero attached hydrogens (tertiary/aromatic N) is 3. The lowest BCUT2D eigenvalue weighted by molar-refractivity contribution is 0.526. The molecule has 0 aliphatic carbocycles. The van der Waals surface area contributed by atoms with E-state index < -0.39 is 0 Å². The number of benzene rings is 1. The highest BCUT2D eigenvalue weighted by Gasteiger charge is 2.27. The normalized spacial score (nSPS) is 18.1. The number of aryl methyl sites for hydroxylation is 1. The third-order valence-electron chi connectivity index (χ3n) is 3.81. The van der Waals surface area contributed by atoms with Crippen LogP contribution in [0.5, 0.6) is 0 Å². The summed E-state index contributed by atoms with van der Waals surface area (Å²) in [5, 5.41) is 4.36. The number of fused-ring (bicyclic) bond motifs is 1. The van der Waals surface area contributed by atoms with E-state index in [1.54, 1.807) is 0 Å². The summed E-state index contributed by atoms with van der Waals surface area (Å²) >= 11 is 1.52. The highest BCUT2D eigenvalue weighted by Crippen LogP contribution is 2.29. The van der Waals surface area contributed by atoms with Crippen molar-refractivity contribution in [1.29, 1.82) is 0 Å². The molecule has 1 aliphatic heterocycles. The van der Waals surface area contributed by atoms with E-state index in [4.69, 9.17) is 0 Å². The fourth-order valence-electron chi connectivity index (χ4n) is 2.73. The van der Waals surface area contributed by atoms with Gasteiger partial charge in [0, 0.05) is 37.1 Å². The van der Waals surface area contributed by atoms with Gasteiger partial charge < -0.3 is 10.2 Å². The molecule has 0 fully saturated rings. The smallest absolute Gasteiger partial charge is 0.205 e. The Morgan fingerprint density at radius 2 is 2.15 bits per heavy atom. The van der Waals surface area contributed by atoms with Crippen LogP contribution in [0.4, 0.5) is 5.13 Å². The molecule has 0 bridgehead atoms. The Kier molecular flexibility index (Phi) is 3.98. The van der Waals surface area contributed by atoms with Gasteiger partial charge in [-0.15, -0.1) is 0 Å². The summed E-state index contributed by atoms with van der Waals surface area (Å²) in [6.45, 7) is 4.00. The maximum Gasteiger partial charge on any atom is 0.205 e. The van der Waals surface area contributed by atoms with E-state index in [2.05, 4.69) is 50.8 Å². The van der Waals surface area contributed by atoms with Crippen molar-refractivity contribution in [3.63, 3.8) is 0 Å². The lowest BCUT2D eigenvalue weighted by Gasteiger charge is -2.36. The molecule has 2 heterocycles. The molecule has 1 unspecified atom stereocenters. The van der Waals surface area contributed by atoms with Gasteiger partial charge >= 0.3 is 0 Å². The van der Waals surface area contributed by atoms with Crippen LogP contribution in [0.3, 0.4) is 0 Å². The van der Waals surface area contributed by atoms with Crippen molar-refractivity contribution in [2.45, 2.75) is 32.4 Å². The summed E-state index contributed by atoms with van der Waals surface area (Å²) in [5.41, 5.74) is 2.87. The van der Waals surface area contributed by atoms with Crippen molar-refractivity contribution < 1.29 is 0 Å². The molecule has 1 N–H and O–H groups in total. The second-order valence-corrected chi connectivity index (χ2v) is 5.89. The SMILES string of the molecule is CCc1nsc(N2Cc3ccccc3CC2CNC)n1. The number of rotatable bonds is 4. The summed E-state index contributed by atoms with van der Waals surface area (Å²) in [4.78, 5) is 7.06. The molecule has 4 nitrogen and oxygen atoms in total. The van der Waals surface area contributed by atoms with Gasteiger partial charge in [-0.25, -0.2) is 4.98 Å².